The molecule has 1 amide bonds. The molecule has 0 aliphatic rings. The van der Waals surface area contributed by atoms with Gasteiger partial charge in [-0.1, -0.05) is 17.7 Å². The number of rotatable bonds is 5. The van der Waals surface area contributed by atoms with E-state index in [0.717, 1.165) is 15.9 Å². The lowest BCUT2D eigenvalue weighted by Crippen LogP contribution is -2.25. The second-order valence-corrected chi connectivity index (χ2v) is 7.39. The number of carbonyl (C=O) groups is 1. The molecule has 9 heteroatoms. The van der Waals surface area contributed by atoms with Crippen molar-refractivity contribution in [2.45, 2.75) is 33.4 Å². The Morgan fingerprint density at radius 1 is 1.33 bits per heavy atom. The first-order valence-electron chi connectivity index (χ1n) is 8.26. The summed E-state index contributed by atoms with van der Waals surface area (Å²) in [4.78, 5) is 12.5. The smallest absolute Gasteiger partial charge is 0.250 e. The number of nitrogens with one attached hydrogen (secondary N) is 1. The third-order valence-electron chi connectivity index (χ3n) is 4.26. The Balaban J connectivity index is 1.72. The molecule has 142 valence electrons. The van der Waals surface area contributed by atoms with Crippen molar-refractivity contribution in [3.05, 3.63) is 62.7 Å². The lowest BCUT2D eigenvalue weighted by molar-refractivity contribution is -0.119. The maximum absolute atomic E-state index is 13.9. The van der Waals surface area contributed by atoms with E-state index in [4.69, 9.17) is 11.6 Å². The maximum atomic E-state index is 13.9. The van der Waals surface area contributed by atoms with Crippen LogP contribution in [0.4, 0.5) is 10.2 Å². The Kier molecular flexibility index (Phi) is 5.67. The molecule has 3 rings (SSSR count). The number of halogens is 3. The molecule has 6 nitrogen and oxygen atoms in total. The van der Waals surface area contributed by atoms with E-state index in [1.165, 1.54) is 10.7 Å². The van der Waals surface area contributed by atoms with Crippen molar-refractivity contribution in [2.75, 3.05) is 5.32 Å². The summed E-state index contributed by atoms with van der Waals surface area (Å²) in [5.74, 6) is -0.269. The van der Waals surface area contributed by atoms with Gasteiger partial charge in [0.15, 0.2) is 5.82 Å². The van der Waals surface area contributed by atoms with Crippen LogP contribution in [0.5, 0.6) is 0 Å². The number of aromatic nitrogens is 4. The number of nitrogens with zero attached hydrogens (tertiary/aromatic N) is 4. The van der Waals surface area contributed by atoms with Crippen molar-refractivity contribution in [3.8, 4) is 0 Å². The number of carbonyl (C=O) groups excluding carboxylic acids is 1. The lowest BCUT2D eigenvalue weighted by Gasteiger charge is -2.13. The van der Waals surface area contributed by atoms with E-state index in [-0.39, 0.29) is 12.5 Å². The van der Waals surface area contributed by atoms with Gasteiger partial charge in [0.2, 0.25) is 5.91 Å². The van der Waals surface area contributed by atoms with Gasteiger partial charge in [-0.25, -0.2) is 4.39 Å². The van der Waals surface area contributed by atoms with Crippen LogP contribution in [0.25, 0.3) is 0 Å². The van der Waals surface area contributed by atoms with Gasteiger partial charge in [0, 0.05) is 22.8 Å². The molecule has 3 aromatic rings. The molecule has 0 radical (unpaired) electrons. The number of benzene rings is 1. The van der Waals surface area contributed by atoms with Crippen LogP contribution in [0.15, 0.2) is 34.9 Å². The molecule has 27 heavy (non-hydrogen) atoms. The molecule has 1 aromatic carbocycles. The van der Waals surface area contributed by atoms with Crippen LogP contribution in [-0.2, 0) is 11.3 Å². The van der Waals surface area contributed by atoms with Crippen molar-refractivity contribution in [1.82, 2.24) is 19.6 Å². The number of anilines is 1. The van der Waals surface area contributed by atoms with Gasteiger partial charge in [0.05, 0.1) is 22.4 Å². The van der Waals surface area contributed by atoms with Crippen LogP contribution in [0.2, 0.25) is 5.02 Å². The highest BCUT2D eigenvalue weighted by atomic mass is 79.9. The van der Waals surface area contributed by atoms with E-state index in [1.807, 2.05) is 13.8 Å². The highest BCUT2D eigenvalue weighted by Gasteiger charge is 2.21. The molecular weight excluding hydrogens is 437 g/mol. The minimum atomic E-state index is -0.513. The summed E-state index contributed by atoms with van der Waals surface area (Å²) in [5.41, 5.74) is 2.04. The summed E-state index contributed by atoms with van der Waals surface area (Å²) in [6, 6.07) is 5.66. The quantitative estimate of drug-likeness (QED) is 0.617. The van der Waals surface area contributed by atoms with E-state index >= 15 is 0 Å². The third-order valence-corrected chi connectivity index (χ3v) is 5.76. The second kappa shape index (κ2) is 7.82. The average molecular weight is 455 g/mol. The zero-order valence-electron chi connectivity index (χ0n) is 15.0. The largest absolute Gasteiger partial charge is 0.307 e. The number of hydrogen-bond acceptors (Lipinski definition) is 3. The first kappa shape index (κ1) is 19.6. The Bertz CT molecular complexity index is 980. The summed E-state index contributed by atoms with van der Waals surface area (Å²) in [7, 11) is 0. The number of aryl methyl sites for hydroxylation is 1. The van der Waals surface area contributed by atoms with Crippen molar-refractivity contribution in [2.24, 2.45) is 0 Å². The van der Waals surface area contributed by atoms with Crippen LogP contribution in [0.3, 0.4) is 0 Å². The highest BCUT2D eigenvalue weighted by molar-refractivity contribution is 9.10. The standard InChI is InChI=1S/C18H18BrClFN5O/c1-10-17(19)11(2)26(23-10)12(3)18(27)22-16-7-8-25(24-16)9-13-14(20)5-4-6-15(13)21/h4-8,12H,9H2,1-3H3,(H,22,24,27). The van der Waals surface area contributed by atoms with E-state index in [1.54, 1.807) is 36.0 Å². The van der Waals surface area contributed by atoms with Gasteiger partial charge in [-0.05, 0) is 48.8 Å². The van der Waals surface area contributed by atoms with Crippen molar-refractivity contribution >= 4 is 39.3 Å². The third kappa shape index (κ3) is 4.06. The molecule has 2 heterocycles. The van der Waals surface area contributed by atoms with Crippen LogP contribution in [-0.4, -0.2) is 25.5 Å². The fraction of sp³-hybridized carbons (Fsp3) is 0.278. The molecule has 0 spiro atoms. The molecule has 1 N–H and O–H groups in total. The predicted molar refractivity (Wildman–Crippen MR) is 105 cm³/mol. The van der Waals surface area contributed by atoms with Gasteiger partial charge in [-0.3, -0.25) is 14.2 Å². The molecule has 0 aliphatic heterocycles. The first-order valence-corrected chi connectivity index (χ1v) is 9.43. The molecule has 0 saturated heterocycles. The van der Waals surface area contributed by atoms with E-state index in [2.05, 4.69) is 31.4 Å². The topological polar surface area (TPSA) is 64.7 Å². The fourth-order valence-corrected chi connectivity index (χ4v) is 3.21. The SMILES string of the molecule is Cc1nn(C(C)C(=O)Nc2ccn(Cc3c(F)cccc3Cl)n2)c(C)c1Br. The maximum Gasteiger partial charge on any atom is 0.250 e. The molecule has 0 aliphatic carbocycles. The molecule has 0 bridgehead atoms. The van der Waals surface area contributed by atoms with Crippen LogP contribution >= 0.6 is 27.5 Å². The monoisotopic (exact) mass is 453 g/mol. The lowest BCUT2D eigenvalue weighted by atomic mass is 10.2. The van der Waals surface area contributed by atoms with E-state index in [0.29, 0.717) is 16.4 Å². The molecule has 1 atom stereocenters. The van der Waals surface area contributed by atoms with E-state index in [9.17, 15) is 9.18 Å². The summed E-state index contributed by atoms with van der Waals surface area (Å²) in [5, 5.41) is 11.7. The summed E-state index contributed by atoms with van der Waals surface area (Å²) < 4.78 is 18.0. The van der Waals surface area contributed by atoms with Crippen LogP contribution in [0.1, 0.15) is 29.9 Å². The second-order valence-electron chi connectivity index (χ2n) is 6.19. The zero-order valence-corrected chi connectivity index (χ0v) is 17.3. The molecule has 2 aromatic heterocycles. The Hall–Kier alpha value is -2.19. The highest BCUT2D eigenvalue weighted by Crippen LogP contribution is 2.24. The number of amides is 1. The Morgan fingerprint density at radius 2 is 2.07 bits per heavy atom. The predicted octanol–water partition coefficient (Wildman–Crippen LogP) is 4.50. The summed E-state index contributed by atoms with van der Waals surface area (Å²) in [6.07, 6.45) is 1.66. The fourth-order valence-electron chi connectivity index (χ4n) is 2.72. The molecule has 0 fully saturated rings. The summed E-state index contributed by atoms with van der Waals surface area (Å²) >= 11 is 9.50. The minimum absolute atomic E-state index is 0.168. The molecular formula is C18H18BrClFN5O. The van der Waals surface area contributed by atoms with Crippen molar-refractivity contribution in [3.63, 3.8) is 0 Å². The number of hydrogen-bond donors (Lipinski definition) is 1. The van der Waals surface area contributed by atoms with Gasteiger partial charge in [0.25, 0.3) is 0 Å². The zero-order chi connectivity index (χ0) is 19.7. The van der Waals surface area contributed by atoms with E-state index < -0.39 is 11.9 Å². The molecule has 1 unspecified atom stereocenters. The first-order chi connectivity index (χ1) is 12.8. The normalized spacial score (nSPS) is 12.2. The van der Waals surface area contributed by atoms with Gasteiger partial charge in [-0.15, -0.1) is 0 Å². The Labute approximate surface area is 169 Å². The van der Waals surface area contributed by atoms with Gasteiger partial charge < -0.3 is 5.32 Å². The van der Waals surface area contributed by atoms with Crippen molar-refractivity contribution in [1.29, 1.82) is 0 Å². The minimum Gasteiger partial charge on any atom is -0.307 e. The van der Waals surface area contributed by atoms with Gasteiger partial charge in [0.1, 0.15) is 11.9 Å². The van der Waals surface area contributed by atoms with Crippen molar-refractivity contribution < 1.29 is 9.18 Å². The Morgan fingerprint density at radius 3 is 2.70 bits per heavy atom. The molecule has 0 saturated carbocycles. The van der Waals surface area contributed by atoms with Gasteiger partial charge in [-0.2, -0.15) is 10.2 Å². The summed E-state index contributed by atoms with van der Waals surface area (Å²) in [6.45, 7) is 5.69. The van der Waals surface area contributed by atoms with Crippen LogP contribution < -0.4 is 5.32 Å². The average Bonchev–Trinajstić information content (AvgIpc) is 3.17. The van der Waals surface area contributed by atoms with Gasteiger partial charge >= 0.3 is 0 Å². The van der Waals surface area contributed by atoms with Crippen LogP contribution in [0, 0.1) is 19.7 Å².